The molecule has 0 aliphatic heterocycles. The molecular weight excluding hydrogens is 229 g/mol. The van der Waals surface area contributed by atoms with E-state index in [1.807, 2.05) is 13.8 Å². The smallest absolute Gasteiger partial charge is 0.130 e. The van der Waals surface area contributed by atoms with Crippen LogP contribution in [0, 0.1) is 11.7 Å². The van der Waals surface area contributed by atoms with Crippen LogP contribution >= 0.6 is 11.6 Å². The molecule has 0 saturated carbocycles. The van der Waals surface area contributed by atoms with Crippen molar-refractivity contribution in [3.63, 3.8) is 0 Å². The van der Waals surface area contributed by atoms with Gasteiger partial charge < -0.3 is 10.8 Å². The number of aliphatic hydroxyl groups is 1. The summed E-state index contributed by atoms with van der Waals surface area (Å²) >= 11 is 5.85. The minimum absolute atomic E-state index is 0.0947. The quantitative estimate of drug-likeness (QED) is 0.857. The lowest BCUT2D eigenvalue weighted by atomic mass is 9.95. The van der Waals surface area contributed by atoms with Gasteiger partial charge in [-0.15, -0.1) is 0 Å². The van der Waals surface area contributed by atoms with E-state index in [0.717, 1.165) is 0 Å². The van der Waals surface area contributed by atoms with Gasteiger partial charge in [-0.1, -0.05) is 31.5 Å². The Hall–Kier alpha value is -0.640. The molecule has 0 amide bonds. The van der Waals surface area contributed by atoms with Gasteiger partial charge in [-0.3, -0.25) is 0 Å². The normalized spacial score (nSPS) is 15.2. The van der Waals surface area contributed by atoms with Crippen molar-refractivity contribution < 1.29 is 9.50 Å². The Morgan fingerprint density at radius 2 is 2.06 bits per heavy atom. The van der Waals surface area contributed by atoms with Crippen molar-refractivity contribution in [2.75, 3.05) is 0 Å². The number of halogens is 2. The van der Waals surface area contributed by atoms with Crippen molar-refractivity contribution in [3.8, 4) is 0 Å². The van der Waals surface area contributed by atoms with Crippen molar-refractivity contribution >= 4 is 11.6 Å². The lowest BCUT2D eigenvalue weighted by Crippen LogP contribution is -2.30. The standard InChI is InChI=1S/C12H17ClFNO/c1-7(2)6-10(15)12(16)11-8(13)4-3-5-9(11)14/h3-5,7,10,12,16H,6,15H2,1-2H3. The highest BCUT2D eigenvalue weighted by Gasteiger charge is 2.23. The molecule has 0 spiro atoms. The number of hydrogen-bond acceptors (Lipinski definition) is 2. The van der Waals surface area contributed by atoms with Gasteiger partial charge in [-0.2, -0.15) is 0 Å². The van der Waals surface area contributed by atoms with Gasteiger partial charge in [-0.25, -0.2) is 4.39 Å². The largest absolute Gasteiger partial charge is 0.387 e. The van der Waals surface area contributed by atoms with Crippen molar-refractivity contribution in [1.29, 1.82) is 0 Å². The monoisotopic (exact) mass is 245 g/mol. The van der Waals surface area contributed by atoms with Gasteiger partial charge in [0.1, 0.15) is 5.82 Å². The zero-order valence-corrected chi connectivity index (χ0v) is 10.2. The van der Waals surface area contributed by atoms with E-state index in [2.05, 4.69) is 0 Å². The van der Waals surface area contributed by atoms with E-state index < -0.39 is 18.0 Å². The predicted molar refractivity (Wildman–Crippen MR) is 63.8 cm³/mol. The number of aliphatic hydroxyl groups excluding tert-OH is 1. The van der Waals surface area contributed by atoms with Crippen LogP contribution in [0.3, 0.4) is 0 Å². The fraction of sp³-hybridized carbons (Fsp3) is 0.500. The molecule has 1 aromatic carbocycles. The van der Waals surface area contributed by atoms with Crippen LogP contribution in [0.5, 0.6) is 0 Å². The molecule has 0 saturated heterocycles. The molecule has 1 aromatic rings. The molecule has 16 heavy (non-hydrogen) atoms. The molecule has 0 heterocycles. The first kappa shape index (κ1) is 13.4. The summed E-state index contributed by atoms with van der Waals surface area (Å²) in [7, 11) is 0. The first-order valence-corrected chi connectivity index (χ1v) is 5.68. The summed E-state index contributed by atoms with van der Waals surface area (Å²) in [5.41, 5.74) is 5.91. The highest BCUT2D eigenvalue weighted by atomic mass is 35.5. The van der Waals surface area contributed by atoms with E-state index in [1.54, 1.807) is 6.07 Å². The van der Waals surface area contributed by atoms with Crippen LogP contribution in [0.2, 0.25) is 5.02 Å². The molecule has 0 bridgehead atoms. The molecule has 0 aromatic heterocycles. The average molecular weight is 246 g/mol. The maximum Gasteiger partial charge on any atom is 0.130 e. The third-order valence-corrected chi connectivity index (χ3v) is 2.77. The van der Waals surface area contributed by atoms with Crippen LogP contribution in [0.4, 0.5) is 4.39 Å². The lowest BCUT2D eigenvalue weighted by Gasteiger charge is -2.22. The van der Waals surface area contributed by atoms with E-state index in [-0.39, 0.29) is 10.6 Å². The van der Waals surface area contributed by atoms with Crippen molar-refractivity contribution in [2.45, 2.75) is 32.4 Å². The number of benzene rings is 1. The van der Waals surface area contributed by atoms with Gasteiger partial charge in [0.05, 0.1) is 6.10 Å². The van der Waals surface area contributed by atoms with E-state index in [9.17, 15) is 9.50 Å². The molecule has 0 radical (unpaired) electrons. The highest BCUT2D eigenvalue weighted by molar-refractivity contribution is 6.31. The lowest BCUT2D eigenvalue weighted by molar-refractivity contribution is 0.132. The summed E-state index contributed by atoms with van der Waals surface area (Å²) in [6.07, 6.45) is -0.442. The molecule has 0 fully saturated rings. The van der Waals surface area contributed by atoms with E-state index >= 15 is 0 Å². The number of hydrogen-bond donors (Lipinski definition) is 2. The number of rotatable bonds is 4. The van der Waals surface area contributed by atoms with Gasteiger partial charge >= 0.3 is 0 Å². The van der Waals surface area contributed by atoms with Crippen molar-refractivity contribution in [1.82, 2.24) is 0 Å². The minimum Gasteiger partial charge on any atom is -0.387 e. The summed E-state index contributed by atoms with van der Waals surface area (Å²) in [4.78, 5) is 0. The summed E-state index contributed by atoms with van der Waals surface area (Å²) < 4.78 is 13.5. The SMILES string of the molecule is CC(C)CC(N)C(O)c1c(F)cccc1Cl. The van der Waals surface area contributed by atoms with Gasteiger partial charge in [-0.05, 0) is 24.5 Å². The topological polar surface area (TPSA) is 46.2 Å². The zero-order chi connectivity index (χ0) is 12.3. The van der Waals surface area contributed by atoms with Crippen LogP contribution in [-0.2, 0) is 0 Å². The van der Waals surface area contributed by atoms with E-state index in [4.69, 9.17) is 17.3 Å². The average Bonchev–Trinajstić information content (AvgIpc) is 2.16. The van der Waals surface area contributed by atoms with E-state index in [0.29, 0.717) is 12.3 Å². The van der Waals surface area contributed by atoms with Crippen LogP contribution in [-0.4, -0.2) is 11.1 Å². The Morgan fingerprint density at radius 3 is 2.56 bits per heavy atom. The van der Waals surface area contributed by atoms with Crippen LogP contribution in [0.15, 0.2) is 18.2 Å². The highest BCUT2D eigenvalue weighted by Crippen LogP contribution is 2.29. The van der Waals surface area contributed by atoms with Gasteiger partial charge in [0.2, 0.25) is 0 Å². The second-order valence-electron chi connectivity index (χ2n) is 4.37. The zero-order valence-electron chi connectivity index (χ0n) is 9.45. The fourth-order valence-electron chi connectivity index (χ4n) is 1.68. The molecule has 0 aliphatic rings. The van der Waals surface area contributed by atoms with Crippen molar-refractivity contribution in [3.05, 3.63) is 34.6 Å². The minimum atomic E-state index is -1.06. The molecule has 4 heteroatoms. The molecule has 0 aliphatic carbocycles. The Bertz CT molecular complexity index is 337. The second kappa shape index (κ2) is 5.62. The third kappa shape index (κ3) is 3.17. The third-order valence-electron chi connectivity index (χ3n) is 2.44. The maximum absolute atomic E-state index is 13.5. The van der Waals surface area contributed by atoms with Gasteiger partial charge in [0.15, 0.2) is 0 Å². The summed E-state index contributed by atoms with van der Waals surface area (Å²) in [5, 5.41) is 10.2. The molecule has 2 unspecified atom stereocenters. The predicted octanol–water partition coefficient (Wildman–Crippen LogP) is 2.89. The van der Waals surface area contributed by atoms with E-state index in [1.165, 1.54) is 12.1 Å². The molecule has 1 rings (SSSR count). The maximum atomic E-state index is 13.5. The van der Waals surface area contributed by atoms with Crippen LogP contribution < -0.4 is 5.73 Å². The Labute approximate surface area is 100 Å². The second-order valence-corrected chi connectivity index (χ2v) is 4.78. The summed E-state index contributed by atoms with van der Waals surface area (Å²) in [6.45, 7) is 3.99. The summed E-state index contributed by atoms with van der Waals surface area (Å²) in [5.74, 6) is -0.172. The fourth-order valence-corrected chi connectivity index (χ4v) is 1.96. The molecule has 3 N–H and O–H groups in total. The summed E-state index contributed by atoms with van der Waals surface area (Å²) in [6, 6.07) is 3.81. The van der Waals surface area contributed by atoms with Crippen LogP contribution in [0.25, 0.3) is 0 Å². The Morgan fingerprint density at radius 1 is 1.44 bits per heavy atom. The van der Waals surface area contributed by atoms with Gasteiger partial charge in [0, 0.05) is 16.6 Å². The Balaban J connectivity index is 2.91. The molecule has 2 nitrogen and oxygen atoms in total. The molecule has 90 valence electrons. The first-order chi connectivity index (χ1) is 7.43. The first-order valence-electron chi connectivity index (χ1n) is 5.31. The van der Waals surface area contributed by atoms with Crippen LogP contribution in [0.1, 0.15) is 31.9 Å². The molecular formula is C12H17ClFNO. The van der Waals surface area contributed by atoms with Crippen molar-refractivity contribution in [2.24, 2.45) is 11.7 Å². The molecule has 2 atom stereocenters. The van der Waals surface area contributed by atoms with Gasteiger partial charge in [0.25, 0.3) is 0 Å². The number of nitrogens with two attached hydrogens (primary N) is 1. The Kier molecular flexibility index (Phi) is 4.71.